The summed E-state index contributed by atoms with van der Waals surface area (Å²) >= 11 is 7.60. The molecule has 0 saturated heterocycles. The molecule has 0 saturated carbocycles. The maximum absolute atomic E-state index is 12.7. The molecule has 1 aromatic heterocycles. The van der Waals surface area contributed by atoms with Crippen LogP contribution in [0.3, 0.4) is 0 Å². The molecule has 126 valence electrons. The van der Waals surface area contributed by atoms with Gasteiger partial charge in [-0.05, 0) is 23.1 Å². The van der Waals surface area contributed by atoms with Gasteiger partial charge in [-0.2, -0.15) is 0 Å². The van der Waals surface area contributed by atoms with E-state index in [9.17, 15) is 14.9 Å². The first-order valence-electron chi connectivity index (χ1n) is 7.39. The van der Waals surface area contributed by atoms with Gasteiger partial charge in [0.25, 0.3) is 11.6 Å². The van der Waals surface area contributed by atoms with Crippen molar-refractivity contribution in [2.24, 2.45) is 0 Å². The fourth-order valence-electron chi connectivity index (χ4n) is 2.43. The third-order valence-corrected chi connectivity index (χ3v) is 4.89. The van der Waals surface area contributed by atoms with E-state index in [2.05, 4.69) is 5.32 Å². The molecule has 0 fully saturated rings. The molecule has 0 aliphatic carbocycles. The summed E-state index contributed by atoms with van der Waals surface area (Å²) in [6, 6.07) is 16.9. The monoisotopic (exact) mass is 372 g/mol. The van der Waals surface area contributed by atoms with E-state index in [0.29, 0.717) is 0 Å². The van der Waals surface area contributed by atoms with Crippen LogP contribution in [0.2, 0.25) is 5.02 Å². The number of nitrogens with one attached hydrogen (secondary N) is 1. The molecule has 1 N–H and O–H groups in total. The predicted molar refractivity (Wildman–Crippen MR) is 98.2 cm³/mol. The van der Waals surface area contributed by atoms with Crippen LogP contribution in [0.25, 0.3) is 0 Å². The first kappa shape index (κ1) is 17.1. The number of nitrogens with zero attached hydrogens (tertiary/aromatic N) is 1. The maximum atomic E-state index is 12.7. The summed E-state index contributed by atoms with van der Waals surface area (Å²) in [6.07, 6.45) is 0. The zero-order valence-corrected chi connectivity index (χ0v) is 14.5. The van der Waals surface area contributed by atoms with Gasteiger partial charge in [0, 0.05) is 17.0 Å². The second kappa shape index (κ2) is 7.46. The molecule has 0 aliphatic rings. The predicted octanol–water partition coefficient (Wildman–Crippen LogP) is 4.83. The van der Waals surface area contributed by atoms with Crippen LogP contribution in [0.15, 0.2) is 66.0 Å². The van der Waals surface area contributed by atoms with Gasteiger partial charge >= 0.3 is 0 Å². The van der Waals surface area contributed by atoms with Crippen molar-refractivity contribution >= 4 is 34.5 Å². The zero-order chi connectivity index (χ0) is 17.8. The molecular weight excluding hydrogens is 360 g/mol. The first-order valence-corrected chi connectivity index (χ1v) is 8.65. The van der Waals surface area contributed by atoms with Gasteiger partial charge in [-0.3, -0.25) is 14.9 Å². The molecule has 0 spiro atoms. The molecule has 25 heavy (non-hydrogen) atoms. The number of non-ortho nitro benzene ring substituents is 1. The number of thiophene rings is 1. The van der Waals surface area contributed by atoms with E-state index in [1.807, 2.05) is 47.8 Å². The number of hydrogen-bond donors (Lipinski definition) is 1. The number of amides is 1. The van der Waals surface area contributed by atoms with Gasteiger partial charge in [0.1, 0.15) is 0 Å². The Morgan fingerprint density at radius 3 is 2.48 bits per heavy atom. The molecule has 1 amide bonds. The van der Waals surface area contributed by atoms with Gasteiger partial charge in [-0.25, -0.2) is 0 Å². The molecule has 7 heteroatoms. The van der Waals surface area contributed by atoms with Crippen molar-refractivity contribution in [1.29, 1.82) is 0 Å². The highest BCUT2D eigenvalue weighted by Crippen LogP contribution is 2.28. The van der Waals surface area contributed by atoms with E-state index in [0.717, 1.165) is 10.4 Å². The van der Waals surface area contributed by atoms with Gasteiger partial charge in [0.2, 0.25) is 0 Å². The fraction of sp³-hybridized carbons (Fsp3) is 0.0556. The highest BCUT2D eigenvalue weighted by molar-refractivity contribution is 7.10. The molecule has 0 aliphatic heterocycles. The summed E-state index contributed by atoms with van der Waals surface area (Å²) in [5, 5.41) is 15.7. The lowest BCUT2D eigenvalue weighted by Gasteiger charge is -2.18. The molecule has 1 atom stereocenters. The SMILES string of the molecule is O=C(N[C@@H](c1ccccc1)c1cccs1)c1ccc([N+](=O)[O-])cc1Cl. The summed E-state index contributed by atoms with van der Waals surface area (Å²) in [6.45, 7) is 0. The number of benzene rings is 2. The molecule has 2 aromatic carbocycles. The van der Waals surface area contributed by atoms with E-state index < -0.39 is 4.92 Å². The van der Waals surface area contributed by atoms with Crippen molar-refractivity contribution in [2.75, 3.05) is 0 Å². The van der Waals surface area contributed by atoms with Gasteiger partial charge in [0.05, 0.1) is 21.6 Å². The van der Waals surface area contributed by atoms with Crippen LogP contribution in [-0.2, 0) is 0 Å². The van der Waals surface area contributed by atoms with Crippen LogP contribution in [-0.4, -0.2) is 10.8 Å². The average molecular weight is 373 g/mol. The Morgan fingerprint density at radius 2 is 1.88 bits per heavy atom. The number of carbonyl (C=O) groups excluding carboxylic acids is 1. The second-order valence-corrected chi connectivity index (χ2v) is 6.64. The van der Waals surface area contributed by atoms with Gasteiger partial charge in [-0.15, -0.1) is 11.3 Å². The van der Waals surface area contributed by atoms with E-state index >= 15 is 0 Å². The summed E-state index contributed by atoms with van der Waals surface area (Å²) in [5.41, 5.74) is 0.987. The van der Waals surface area contributed by atoms with Crippen molar-refractivity contribution in [3.8, 4) is 0 Å². The molecule has 0 bridgehead atoms. The first-order chi connectivity index (χ1) is 12.1. The van der Waals surface area contributed by atoms with Crippen LogP contribution in [0.1, 0.15) is 26.8 Å². The Morgan fingerprint density at radius 1 is 1.12 bits per heavy atom. The summed E-state index contributed by atoms with van der Waals surface area (Å²) in [4.78, 5) is 23.9. The molecule has 0 radical (unpaired) electrons. The fourth-order valence-corrected chi connectivity index (χ4v) is 3.49. The topological polar surface area (TPSA) is 72.2 Å². The molecule has 3 aromatic rings. The number of rotatable bonds is 5. The van der Waals surface area contributed by atoms with Crippen molar-refractivity contribution in [1.82, 2.24) is 5.32 Å². The Kier molecular flexibility index (Phi) is 5.11. The summed E-state index contributed by atoms with van der Waals surface area (Å²) < 4.78 is 0. The minimum Gasteiger partial charge on any atom is -0.340 e. The maximum Gasteiger partial charge on any atom is 0.270 e. The molecular formula is C18H13ClN2O3S. The lowest BCUT2D eigenvalue weighted by Crippen LogP contribution is -2.29. The lowest BCUT2D eigenvalue weighted by atomic mass is 10.0. The van der Waals surface area contributed by atoms with Crippen molar-refractivity contribution in [2.45, 2.75) is 6.04 Å². The van der Waals surface area contributed by atoms with Crippen LogP contribution in [0.5, 0.6) is 0 Å². The van der Waals surface area contributed by atoms with Crippen molar-refractivity contribution < 1.29 is 9.72 Å². The Bertz CT molecular complexity index is 898. The Hall–Kier alpha value is -2.70. The summed E-state index contributed by atoms with van der Waals surface area (Å²) in [7, 11) is 0. The lowest BCUT2D eigenvalue weighted by molar-refractivity contribution is -0.384. The molecule has 3 rings (SSSR count). The number of nitro groups is 1. The van der Waals surface area contributed by atoms with E-state index in [1.54, 1.807) is 0 Å². The highest BCUT2D eigenvalue weighted by atomic mass is 35.5. The standard InChI is InChI=1S/C18H13ClN2O3S/c19-15-11-13(21(23)24)8-9-14(15)18(22)20-17(16-7-4-10-25-16)12-5-2-1-3-6-12/h1-11,17H,(H,20,22)/t17-/m0/s1. The number of halogens is 1. The van der Waals surface area contributed by atoms with Crippen LogP contribution in [0.4, 0.5) is 5.69 Å². The highest BCUT2D eigenvalue weighted by Gasteiger charge is 2.21. The number of hydrogen-bond acceptors (Lipinski definition) is 4. The smallest absolute Gasteiger partial charge is 0.270 e. The minimum absolute atomic E-state index is 0.0460. The van der Waals surface area contributed by atoms with Crippen LogP contribution < -0.4 is 5.32 Å². The molecule has 1 heterocycles. The van der Waals surface area contributed by atoms with E-state index in [4.69, 9.17) is 11.6 Å². The Balaban J connectivity index is 1.90. The summed E-state index contributed by atoms with van der Waals surface area (Å²) in [5.74, 6) is -0.387. The largest absolute Gasteiger partial charge is 0.340 e. The van der Waals surface area contributed by atoms with Crippen molar-refractivity contribution in [3.63, 3.8) is 0 Å². The van der Waals surface area contributed by atoms with Gasteiger partial charge in [-0.1, -0.05) is 48.0 Å². The van der Waals surface area contributed by atoms with E-state index in [-0.39, 0.29) is 28.2 Å². The average Bonchev–Trinajstić information content (AvgIpc) is 3.14. The molecule has 5 nitrogen and oxygen atoms in total. The van der Waals surface area contributed by atoms with Crippen LogP contribution in [0, 0.1) is 10.1 Å². The normalized spacial score (nSPS) is 11.7. The van der Waals surface area contributed by atoms with Gasteiger partial charge < -0.3 is 5.32 Å². The van der Waals surface area contributed by atoms with E-state index in [1.165, 1.54) is 29.5 Å². The second-order valence-electron chi connectivity index (χ2n) is 5.25. The van der Waals surface area contributed by atoms with Crippen molar-refractivity contribution in [3.05, 3.63) is 97.2 Å². The zero-order valence-electron chi connectivity index (χ0n) is 12.9. The Labute approximate surface area is 153 Å². The number of nitro benzene ring substituents is 1. The third kappa shape index (κ3) is 3.87. The quantitative estimate of drug-likeness (QED) is 0.515. The minimum atomic E-state index is -0.550. The molecule has 0 unspecified atom stereocenters. The van der Waals surface area contributed by atoms with Gasteiger partial charge in [0.15, 0.2) is 0 Å². The third-order valence-electron chi connectivity index (χ3n) is 3.64. The van der Waals surface area contributed by atoms with Crippen LogP contribution >= 0.6 is 22.9 Å². The number of carbonyl (C=O) groups is 1.